The summed E-state index contributed by atoms with van der Waals surface area (Å²) < 4.78 is 27.6. The molecule has 1 aliphatic rings. The number of amides is 1. The van der Waals surface area contributed by atoms with Crippen LogP contribution in [-0.2, 0) is 16.4 Å². The molecule has 1 aliphatic carbocycles. The lowest BCUT2D eigenvalue weighted by Gasteiger charge is -2.12. The maximum atomic E-state index is 12.6. The first-order valence-corrected chi connectivity index (χ1v) is 11.4. The SMILES string of the molecule is O=C(NCCc1c[nH]c2ccccc12)c1cc(S(=O)(=O)NC2CC2)c(Cl)cc1Cl. The molecule has 1 amide bonds. The first-order valence-electron chi connectivity index (χ1n) is 9.20. The number of carbonyl (C=O) groups is 1. The largest absolute Gasteiger partial charge is 0.361 e. The van der Waals surface area contributed by atoms with Gasteiger partial charge >= 0.3 is 0 Å². The van der Waals surface area contributed by atoms with Crippen LogP contribution in [0.5, 0.6) is 0 Å². The third-order valence-corrected chi connectivity index (χ3v) is 7.11. The summed E-state index contributed by atoms with van der Waals surface area (Å²) in [5, 5.41) is 3.99. The summed E-state index contributed by atoms with van der Waals surface area (Å²) in [6.45, 7) is 0.377. The molecule has 0 aliphatic heterocycles. The molecular formula is C20H19Cl2N3O3S. The van der Waals surface area contributed by atoms with Crippen LogP contribution in [0, 0.1) is 0 Å². The van der Waals surface area contributed by atoms with E-state index >= 15 is 0 Å². The van der Waals surface area contributed by atoms with E-state index in [1.807, 2.05) is 30.5 Å². The molecule has 1 fully saturated rings. The average Bonchev–Trinajstić information content (AvgIpc) is 3.38. The lowest BCUT2D eigenvalue weighted by molar-refractivity contribution is 0.0954. The fourth-order valence-corrected chi connectivity index (χ4v) is 5.30. The number of sulfonamides is 1. The molecule has 3 N–H and O–H groups in total. The van der Waals surface area contributed by atoms with Gasteiger partial charge in [-0.2, -0.15) is 0 Å². The van der Waals surface area contributed by atoms with Crippen LogP contribution < -0.4 is 10.0 Å². The highest BCUT2D eigenvalue weighted by atomic mass is 35.5. The fourth-order valence-electron chi connectivity index (χ4n) is 3.14. The van der Waals surface area contributed by atoms with Crippen LogP contribution in [0.4, 0.5) is 0 Å². The Labute approximate surface area is 178 Å². The second kappa shape index (κ2) is 7.99. The topological polar surface area (TPSA) is 91.1 Å². The average molecular weight is 452 g/mol. The summed E-state index contributed by atoms with van der Waals surface area (Å²) in [7, 11) is -3.81. The summed E-state index contributed by atoms with van der Waals surface area (Å²) in [5.74, 6) is -0.450. The molecule has 0 spiro atoms. The van der Waals surface area contributed by atoms with Crippen LogP contribution in [0.25, 0.3) is 10.9 Å². The van der Waals surface area contributed by atoms with Crippen molar-refractivity contribution in [1.29, 1.82) is 0 Å². The summed E-state index contributed by atoms with van der Waals surface area (Å²) in [6.07, 6.45) is 4.13. The number of hydrogen-bond acceptors (Lipinski definition) is 3. The van der Waals surface area contributed by atoms with Crippen molar-refractivity contribution < 1.29 is 13.2 Å². The summed E-state index contributed by atoms with van der Waals surface area (Å²) in [4.78, 5) is 15.7. The van der Waals surface area contributed by atoms with Crippen molar-refractivity contribution in [3.8, 4) is 0 Å². The number of nitrogens with one attached hydrogen (secondary N) is 3. The van der Waals surface area contributed by atoms with E-state index in [2.05, 4.69) is 15.0 Å². The summed E-state index contributed by atoms with van der Waals surface area (Å²) in [5.41, 5.74) is 2.19. The molecule has 2 aromatic carbocycles. The number of para-hydroxylation sites is 1. The van der Waals surface area contributed by atoms with Crippen LogP contribution in [0.3, 0.4) is 0 Å². The van der Waals surface area contributed by atoms with E-state index in [1.165, 1.54) is 12.1 Å². The normalized spacial score (nSPS) is 14.3. The Bertz CT molecular complexity index is 1190. The molecule has 4 rings (SSSR count). The van der Waals surface area contributed by atoms with Gasteiger partial charge in [-0.05, 0) is 43.0 Å². The van der Waals surface area contributed by atoms with Crippen LogP contribution in [0.1, 0.15) is 28.8 Å². The molecule has 0 atom stereocenters. The van der Waals surface area contributed by atoms with Gasteiger partial charge in [-0.15, -0.1) is 0 Å². The molecule has 0 saturated heterocycles. The van der Waals surface area contributed by atoms with Gasteiger partial charge in [-0.3, -0.25) is 4.79 Å². The molecule has 0 radical (unpaired) electrons. The van der Waals surface area contributed by atoms with Crippen molar-refractivity contribution in [1.82, 2.24) is 15.0 Å². The van der Waals surface area contributed by atoms with Gasteiger partial charge < -0.3 is 10.3 Å². The molecule has 1 heterocycles. The third kappa shape index (κ3) is 4.43. The van der Waals surface area contributed by atoms with Crippen molar-refractivity contribution in [2.24, 2.45) is 0 Å². The van der Waals surface area contributed by atoms with Gasteiger partial charge in [0, 0.05) is 29.7 Å². The molecular weight excluding hydrogens is 433 g/mol. The molecule has 1 saturated carbocycles. The second-order valence-electron chi connectivity index (χ2n) is 7.02. The quantitative estimate of drug-likeness (QED) is 0.508. The van der Waals surface area contributed by atoms with Crippen molar-refractivity contribution in [3.05, 3.63) is 63.8 Å². The number of rotatable bonds is 7. The van der Waals surface area contributed by atoms with Crippen molar-refractivity contribution in [3.63, 3.8) is 0 Å². The van der Waals surface area contributed by atoms with Crippen LogP contribution in [-0.4, -0.2) is 31.9 Å². The maximum absolute atomic E-state index is 12.6. The first-order chi connectivity index (χ1) is 13.8. The number of hydrogen-bond donors (Lipinski definition) is 3. The molecule has 1 aromatic heterocycles. The molecule has 0 bridgehead atoms. The lowest BCUT2D eigenvalue weighted by Crippen LogP contribution is -2.28. The molecule has 152 valence electrons. The Morgan fingerprint density at radius 2 is 1.90 bits per heavy atom. The molecule has 3 aromatic rings. The number of fused-ring (bicyclic) bond motifs is 1. The van der Waals surface area contributed by atoms with E-state index in [0.29, 0.717) is 13.0 Å². The number of benzene rings is 2. The van der Waals surface area contributed by atoms with Gasteiger partial charge in [-0.1, -0.05) is 41.4 Å². The number of H-pyrrole nitrogens is 1. The molecule has 29 heavy (non-hydrogen) atoms. The van der Waals surface area contributed by atoms with E-state index in [9.17, 15) is 13.2 Å². The van der Waals surface area contributed by atoms with E-state index < -0.39 is 15.9 Å². The Hall–Kier alpha value is -2.06. The van der Waals surface area contributed by atoms with Crippen molar-refractivity contribution >= 4 is 50.0 Å². The number of aromatic amines is 1. The van der Waals surface area contributed by atoms with Gasteiger partial charge in [0.25, 0.3) is 5.91 Å². The van der Waals surface area contributed by atoms with E-state index in [1.54, 1.807) is 0 Å². The van der Waals surface area contributed by atoms with E-state index in [4.69, 9.17) is 23.2 Å². The monoisotopic (exact) mass is 451 g/mol. The Morgan fingerprint density at radius 3 is 2.66 bits per heavy atom. The standard InChI is InChI=1S/C20H19Cl2N3O3S/c21-16-10-17(22)19(29(27,28)25-13-5-6-13)9-15(16)20(26)23-8-7-12-11-24-18-4-2-1-3-14(12)18/h1-4,9-11,13,24-25H,5-8H2,(H,23,26). The third-order valence-electron chi connectivity index (χ3n) is 4.81. The van der Waals surface area contributed by atoms with Crippen molar-refractivity contribution in [2.45, 2.75) is 30.2 Å². The van der Waals surface area contributed by atoms with E-state index in [-0.39, 0.29) is 26.5 Å². The first kappa shape index (κ1) is 20.2. The number of aromatic nitrogens is 1. The molecule has 6 nitrogen and oxygen atoms in total. The van der Waals surface area contributed by atoms with Gasteiger partial charge in [0.15, 0.2) is 0 Å². The molecule has 9 heteroatoms. The lowest BCUT2D eigenvalue weighted by atomic mass is 10.1. The van der Waals surface area contributed by atoms with Crippen LogP contribution in [0.2, 0.25) is 10.0 Å². The predicted octanol–water partition coefficient (Wildman–Crippen LogP) is 3.89. The van der Waals surface area contributed by atoms with Gasteiger partial charge in [-0.25, -0.2) is 13.1 Å². The smallest absolute Gasteiger partial charge is 0.252 e. The van der Waals surface area contributed by atoms with Crippen LogP contribution >= 0.6 is 23.2 Å². The van der Waals surface area contributed by atoms with Gasteiger partial charge in [0.05, 0.1) is 15.6 Å². The Balaban J connectivity index is 1.48. The van der Waals surface area contributed by atoms with Crippen LogP contribution in [0.15, 0.2) is 47.5 Å². The van der Waals surface area contributed by atoms with Gasteiger partial charge in [0.2, 0.25) is 10.0 Å². The Kier molecular flexibility index (Phi) is 5.57. The number of carbonyl (C=O) groups excluding carboxylic acids is 1. The Morgan fingerprint density at radius 1 is 1.14 bits per heavy atom. The minimum Gasteiger partial charge on any atom is -0.361 e. The number of halogens is 2. The summed E-state index contributed by atoms with van der Waals surface area (Å²) >= 11 is 12.2. The highest BCUT2D eigenvalue weighted by Gasteiger charge is 2.30. The zero-order valence-corrected chi connectivity index (χ0v) is 17.7. The second-order valence-corrected chi connectivity index (χ2v) is 9.52. The zero-order valence-electron chi connectivity index (χ0n) is 15.3. The zero-order chi connectivity index (χ0) is 20.6. The highest BCUT2D eigenvalue weighted by Crippen LogP contribution is 2.30. The minimum atomic E-state index is -3.81. The predicted molar refractivity (Wildman–Crippen MR) is 114 cm³/mol. The molecule has 0 unspecified atom stereocenters. The fraction of sp³-hybridized carbons (Fsp3) is 0.250. The minimum absolute atomic E-state index is 0.0153. The van der Waals surface area contributed by atoms with Crippen molar-refractivity contribution in [2.75, 3.05) is 6.54 Å². The van der Waals surface area contributed by atoms with E-state index in [0.717, 1.165) is 29.3 Å². The van der Waals surface area contributed by atoms with Gasteiger partial charge in [0.1, 0.15) is 4.90 Å². The summed E-state index contributed by atoms with van der Waals surface area (Å²) in [6, 6.07) is 10.4. The highest BCUT2D eigenvalue weighted by molar-refractivity contribution is 7.89. The maximum Gasteiger partial charge on any atom is 0.252 e.